The molecule has 0 amide bonds. The van der Waals surface area contributed by atoms with Gasteiger partial charge in [0.1, 0.15) is 19.3 Å². The number of hydrogen-bond acceptors (Lipinski definition) is 15. The van der Waals surface area contributed by atoms with Crippen LogP contribution in [0.1, 0.15) is 459 Å². The zero-order valence-corrected chi connectivity index (χ0v) is 71.7. The number of carbonyl (C=O) groups excluding carboxylic acids is 4. The molecule has 19 heteroatoms. The molecule has 3 N–H and O–H groups in total. The largest absolute Gasteiger partial charge is 0.472 e. The van der Waals surface area contributed by atoms with Crippen molar-refractivity contribution >= 4 is 39.5 Å². The molecule has 0 fully saturated rings. The standard InChI is InChI=1S/C87H170O17P2/c1-8-11-12-13-14-15-16-33-40-47-54-61-68-84(89)97-74-83(104-87(92)71-64-57-50-43-36-29-30-37-44-51-58-65-78(4)5)77-102-106(95,96)100-73-81(88)72-99-105(93,94)101-76-82(75-98-85(90)69-62-55-48-41-34-27-24-23-26-32-39-46-53-60-67-80(7)10-3)103-86(91)70-63-56-49-42-35-28-22-20-18-17-19-21-25-31-38-45-52-59-66-79(6)9-2/h78-83,88H,8-77H2,1-7H3,(H,93,94)(H,95,96)/t79?,80?,81-,82-,83-/m1/s1. The summed E-state index contributed by atoms with van der Waals surface area (Å²) in [5, 5.41) is 10.7. The molecule has 0 aromatic rings. The van der Waals surface area contributed by atoms with Gasteiger partial charge in [0.25, 0.3) is 0 Å². The maximum absolute atomic E-state index is 13.2. The molecule has 0 rings (SSSR count). The predicted octanol–water partition coefficient (Wildman–Crippen LogP) is 26.5. The van der Waals surface area contributed by atoms with Crippen LogP contribution >= 0.6 is 15.6 Å². The monoisotopic (exact) mass is 1550 g/mol. The zero-order chi connectivity index (χ0) is 77.9. The molecular formula is C87H170O17P2. The lowest BCUT2D eigenvalue weighted by atomic mass is 9.99. The molecule has 630 valence electrons. The van der Waals surface area contributed by atoms with E-state index >= 15 is 0 Å². The second-order valence-electron chi connectivity index (χ2n) is 32.2. The molecule has 0 radical (unpaired) electrons. The van der Waals surface area contributed by atoms with E-state index < -0.39 is 97.5 Å². The Labute approximate surface area is 651 Å². The average Bonchev–Trinajstić information content (AvgIpc) is 0.900. The van der Waals surface area contributed by atoms with Crippen LogP contribution in [0.4, 0.5) is 0 Å². The van der Waals surface area contributed by atoms with E-state index in [2.05, 4.69) is 48.5 Å². The van der Waals surface area contributed by atoms with Crippen molar-refractivity contribution in [1.82, 2.24) is 0 Å². The van der Waals surface area contributed by atoms with Crippen molar-refractivity contribution in [2.24, 2.45) is 17.8 Å². The molecule has 7 atom stereocenters. The third-order valence-corrected chi connectivity index (χ3v) is 23.0. The van der Waals surface area contributed by atoms with Crippen molar-refractivity contribution in [2.45, 2.75) is 478 Å². The molecule has 0 saturated carbocycles. The van der Waals surface area contributed by atoms with Crippen LogP contribution in [0.2, 0.25) is 0 Å². The van der Waals surface area contributed by atoms with Gasteiger partial charge in [-0.25, -0.2) is 9.13 Å². The Kier molecular flexibility index (Phi) is 75.6. The van der Waals surface area contributed by atoms with Crippen LogP contribution in [0.25, 0.3) is 0 Å². The lowest BCUT2D eigenvalue weighted by molar-refractivity contribution is -0.161. The molecule has 0 aliphatic rings. The van der Waals surface area contributed by atoms with Crippen molar-refractivity contribution in [3.8, 4) is 0 Å². The number of rotatable bonds is 85. The van der Waals surface area contributed by atoms with Gasteiger partial charge in [-0.15, -0.1) is 0 Å². The molecule has 4 unspecified atom stereocenters. The highest BCUT2D eigenvalue weighted by atomic mass is 31.2. The Balaban J connectivity index is 5.25. The third-order valence-electron chi connectivity index (χ3n) is 21.1. The Morgan fingerprint density at radius 3 is 0.717 bits per heavy atom. The highest BCUT2D eigenvalue weighted by molar-refractivity contribution is 7.47. The van der Waals surface area contributed by atoms with E-state index in [0.717, 1.165) is 108 Å². The van der Waals surface area contributed by atoms with Crippen LogP contribution < -0.4 is 0 Å². The summed E-state index contributed by atoms with van der Waals surface area (Å²) in [6.45, 7) is 12.1. The van der Waals surface area contributed by atoms with Crippen molar-refractivity contribution in [2.75, 3.05) is 39.6 Å². The van der Waals surface area contributed by atoms with Crippen LogP contribution in [-0.2, 0) is 65.4 Å². The summed E-state index contributed by atoms with van der Waals surface area (Å²) in [5.74, 6) is 0.384. The molecule has 0 aromatic carbocycles. The van der Waals surface area contributed by atoms with Crippen LogP contribution in [0, 0.1) is 17.8 Å². The molecule has 106 heavy (non-hydrogen) atoms. The Morgan fingerprint density at radius 1 is 0.274 bits per heavy atom. The van der Waals surface area contributed by atoms with E-state index in [-0.39, 0.29) is 25.7 Å². The first-order valence-corrected chi connectivity index (χ1v) is 47.9. The van der Waals surface area contributed by atoms with E-state index in [1.807, 2.05) is 0 Å². The second-order valence-corrected chi connectivity index (χ2v) is 35.1. The predicted molar refractivity (Wildman–Crippen MR) is 437 cm³/mol. The van der Waals surface area contributed by atoms with Gasteiger partial charge in [-0.3, -0.25) is 37.3 Å². The molecular weight excluding hydrogens is 1380 g/mol. The highest BCUT2D eigenvalue weighted by Crippen LogP contribution is 2.45. The smallest absolute Gasteiger partial charge is 0.462 e. The number of unbranched alkanes of at least 4 members (excludes halogenated alkanes) is 51. The number of carbonyl (C=O) groups is 4. The molecule has 0 aromatic heterocycles. The first-order valence-electron chi connectivity index (χ1n) is 44.9. The van der Waals surface area contributed by atoms with Crippen molar-refractivity contribution in [3.05, 3.63) is 0 Å². The number of ether oxygens (including phenoxy) is 4. The fourth-order valence-corrected chi connectivity index (χ4v) is 15.1. The van der Waals surface area contributed by atoms with E-state index in [9.17, 15) is 43.2 Å². The molecule has 0 aliphatic carbocycles. The number of phosphoric ester groups is 2. The summed E-state index contributed by atoms with van der Waals surface area (Å²) in [6.07, 6.45) is 67.8. The number of aliphatic hydroxyl groups excluding tert-OH is 1. The second kappa shape index (κ2) is 77.0. The molecule has 0 bridgehead atoms. The van der Waals surface area contributed by atoms with Crippen LogP contribution in [0.15, 0.2) is 0 Å². The van der Waals surface area contributed by atoms with Crippen molar-refractivity contribution in [1.29, 1.82) is 0 Å². The Bertz CT molecular complexity index is 2050. The van der Waals surface area contributed by atoms with Crippen molar-refractivity contribution in [3.63, 3.8) is 0 Å². The quantitative estimate of drug-likeness (QED) is 0.0222. The van der Waals surface area contributed by atoms with Gasteiger partial charge in [0, 0.05) is 25.7 Å². The normalized spacial score (nSPS) is 14.4. The summed E-state index contributed by atoms with van der Waals surface area (Å²) >= 11 is 0. The zero-order valence-electron chi connectivity index (χ0n) is 69.9. The minimum atomic E-state index is -4.97. The summed E-state index contributed by atoms with van der Waals surface area (Å²) < 4.78 is 68.9. The summed E-state index contributed by atoms with van der Waals surface area (Å²) in [5.41, 5.74) is 0. The Hall–Kier alpha value is -1.94. The molecule has 17 nitrogen and oxygen atoms in total. The number of esters is 4. The maximum Gasteiger partial charge on any atom is 0.472 e. The van der Waals surface area contributed by atoms with E-state index in [1.54, 1.807) is 0 Å². The first-order chi connectivity index (χ1) is 51.3. The topological polar surface area (TPSA) is 237 Å². The van der Waals surface area contributed by atoms with E-state index in [0.29, 0.717) is 25.7 Å². The SMILES string of the molecule is CCCCCCCCCCCCCCC(=O)OC[C@H](COP(=O)(O)OC[C@H](O)COP(=O)(O)OC[C@@H](COC(=O)CCCCCCCCCCCCCCCCC(C)CC)OC(=O)CCCCCCCCCCCCCCCCCCCCC(C)CC)OC(=O)CCCCCCCCCCCCCC(C)C. The number of aliphatic hydroxyl groups is 1. The van der Waals surface area contributed by atoms with Gasteiger partial charge >= 0.3 is 39.5 Å². The Morgan fingerprint density at radius 2 is 0.481 bits per heavy atom. The van der Waals surface area contributed by atoms with Crippen molar-refractivity contribution < 1.29 is 80.2 Å². The minimum absolute atomic E-state index is 0.107. The first kappa shape index (κ1) is 104. The summed E-state index contributed by atoms with van der Waals surface area (Å²) in [6, 6.07) is 0. The number of hydrogen-bond donors (Lipinski definition) is 3. The lowest BCUT2D eigenvalue weighted by Crippen LogP contribution is -2.30. The third kappa shape index (κ3) is 77.4. The minimum Gasteiger partial charge on any atom is -0.462 e. The van der Waals surface area contributed by atoms with Gasteiger partial charge in [0.2, 0.25) is 0 Å². The van der Waals surface area contributed by atoms with E-state index in [4.69, 9.17) is 37.0 Å². The van der Waals surface area contributed by atoms with Crippen LogP contribution in [-0.4, -0.2) is 96.7 Å². The van der Waals surface area contributed by atoms with Gasteiger partial charge in [-0.1, -0.05) is 408 Å². The van der Waals surface area contributed by atoms with Crippen LogP contribution in [0.3, 0.4) is 0 Å². The van der Waals surface area contributed by atoms with Gasteiger partial charge in [-0.05, 0) is 43.4 Å². The molecule has 0 aliphatic heterocycles. The summed E-state index contributed by atoms with van der Waals surface area (Å²) in [4.78, 5) is 73.3. The van der Waals surface area contributed by atoms with Gasteiger partial charge in [0.05, 0.1) is 26.4 Å². The fourth-order valence-electron chi connectivity index (χ4n) is 13.5. The highest BCUT2D eigenvalue weighted by Gasteiger charge is 2.31. The lowest BCUT2D eigenvalue weighted by Gasteiger charge is -2.21. The van der Waals surface area contributed by atoms with Gasteiger partial charge in [-0.2, -0.15) is 0 Å². The maximum atomic E-state index is 13.2. The number of phosphoric acid groups is 2. The van der Waals surface area contributed by atoms with Gasteiger partial charge < -0.3 is 33.8 Å². The van der Waals surface area contributed by atoms with E-state index in [1.165, 1.54) is 270 Å². The molecule has 0 heterocycles. The molecule has 0 spiro atoms. The van der Waals surface area contributed by atoms with Crippen LogP contribution in [0.5, 0.6) is 0 Å². The average molecular weight is 1550 g/mol. The molecule has 0 saturated heterocycles. The fraction of sp³-hybridized carbons (Fsp3) is 0.954. The summed E-state index contributed by atoms with van der Waals surface area (Å²) in [7, 11) is -9.93. The van der Waals surface area contributed by atoms with Gasteiger partial charge in [0.15, 0.2) is 12.2 Å².